The van der Waals surface area contributed by atoms with Crippen molar-refractivity contribution in [2.45, 2.75) is 19.9 Å². The summed E-state index contributed by atoms with van der Waals surface area (Å²) in [5.41, 5.74) is 3.63. The topological polar surface area (TPSA) is 67.2 Å². The second-order valence-electron chi connectivity index (χ2n) is 5.63. The van der Waals surface area contributed by atoms with Crippen molar-refractivity contribution < 1.29 is 9.90 Å². The van der Waals surface area contributed by atoms with E-state index < -0.39 is 0 Å². The van der Waals surface area contributed by atoms with Crippen LogP contribution in [0.15, 0.2) is 48.5 Å². The number of nitrogens with zero attached hydrogens (tertiary/aromatic N) is 2. The quantitative estimate of drug-likeness (QED) is 0.656. The summed E-state index contributed by atoms with van der Waals surface area (Å²) < 4.78 is 1.86. The van der Waals surface area contributed by atoms with E-state index in [9.17, 15) is 4.79 Å². The summed E-state index contributed by atoms with van der Waals surface area (Å²) in [6, 6.07) is 15.4. The number of ketones is 1. The van der Waals surface area contributed by atoms with Gasteiger partial charge in [-0.15, -0.1) is 0 Å². The van der Waals surface area contributed by atoms with E-state index in [0.29, 0.717) is 18.1 Å². The summed E-state index contributed by atoms with van der Waals surface area (Å²) in [4.78, 5) is 17.2. The first-order valence-corrected chi connectivity index (χ1v) is 8.15. The second kappa shape index (κ2) is 7.27. The third-order valence-electron chi connectivity index (χ3n) is 4.04. The van der Waals surface area contributed by atoms with Gasteiger partial charge in [-0.05, 0) is 24.1 Å². The maximum Gasteiger partial charge on any atom is 0.204 e. The second-order valence-corrected chi connectivity index (χ2v) is 5.63. The molecule has 2 aromatic carbocycles. The zero-order valence-electron chi connectivity index (χ0n) is 13.7. The summed E-state index contributed by atoms with van der Waals surface area (Å²) in [6.45, 7) is 2.70. The molecule has 0 saturated heterocycles. The molecule has 0 unspecified atom stereocenters. The van der Waals surface area contributed by atoms with E-state index in [0.717, 1.165) is 17.5 Å². The monoisotopic (exact) mass is 323 g/mol. The first-order chi connectivity index (χ1) is 11.7. The van der Waals surface area contributed by atoms with Crippen LogP contribution < -0.4 is 5.32 Å². The van der Waals surface area contributed by atoms with Gasteiger partial charge in [0, 0.05) is 12.1 Å². The van der Waals surface area contributed by atoms with Crippen molar-refractivity contribution >= 4 is 22.8 Å². The largest absolute Gasteiger partial charge is 0.395 e. The molecule has 5 nitrogen and oxygen atoms in total. The zero-order chi connectivity index (χ0) is 16.9. The number of hydrogen-bond acceptors (Lipinski definition) is 4. The minimum Gasteiger partial charge on any atom is -0.395 e. The number of para-hydroxylation sites is 2. The fourth-order valence-corrected chi connectivity index (χ4v) is 2.70. The van der Waals surface area contributed by atoms with Crippen LogP contribution in [0.4, 0.5) is 5.95 Å². The van der Waals surface area contributed by atoms with Gasteiger partial charge in [0.15, 0.2) is 5.78 Å². The van der Waals surface area contributed by atoms with Crippen molar-refractivity contribution in [3.8, 4) is 0 Å². The van der Waals surface area contributed by atoms with Crippen LogP contribution >= 0.6 is 0 Å². The normalized spacial score (nSPS) is 10.9. The summed E-state index contributed by atoms with van der Waals surface area (Å²) in [7, 11) is 0. The molecule has 3 aromatic rings. The number of rotatable bonds is 7. The fraction of sp³-hybridized carbons (Fsp3) is 0.263. The molecule has 0 spiro atoms. The van der Waals surface area contributed by atoms with Crippen LogP contribution in [0.25, 0.3) is 11.0 Å². The maximum absolute atomic E-state index is 12.7. The Labute approximate surface area is 141 Å². The van der Waals surface area contributed by atoms with Crippen molar-refractivity contribution in [3.63, 3.8) is 0 Å². The van der Waals surface area contributed by atoms with Gasteiger partial charge < -0.3 is 15.0 Å². The number of aromatic nitrogens is 2. The number of fused-ring (bicyclic) bond motifs is 1. The molecular weight excluding hydrogens is 302 g/mol. The van der Waals surface area contributed by atoms with E-state index in [-0.39, 0.29) is 18.9 Å². The van der Waals surface area contributed by atoms with Crippen LogP contribution in [0, 0.1) is 0 Å². The number of benzene rings is 2. The Morgan fingerprint density at radius 2 is 1.92 bits per heavy atom. The van der Waals surface area contributed by atoms with Crippen molar-refractivity contribution in [2.24, 2.45) is 0 Å². The number of aryl methyl sites for hydroxylation is 1. The molecule has 0 amide bonds. The maximum atomic E-state index is 12.7. The van der Waals surface area contributed by atoms with Crippen LogP contribution in [-0.4, -0.2) is 33.6 Å². The van der Waals surface area contributed by atoms with Gasteiger partial charge in [0.2, 0.25) is 5.95 Å². The lowest BCUT2D eigenvalue weighted by Crippen LogP contribution is -2.16. The van der Waals surface area contributed by atoms with Crippen LogP contribution in [0.3, 0.4) is 0 Å². The van der Waals surface area contributed by atoms with E-state index in [1.807, 2.05) is 53.1 Å². The highest BCUT2D eigenvalue weighted by Gasteiger charge is 2.14. The fourth-order valence-electron chi connectivity index (χ4n) is 2.70. The van der Waals surface area contributed by atoms with E-state index in [4.69, 9.17) is 5.11 Å². The molecule has 3 rings (SSSR count). The van der Waals surface area contributed by atoms with E-state index in [2.05, 4.69) is 17.2 Å². The number of carbonyl (C=O) groups excluding carboxylic acids is 1. The Balaban J connectivity index is 1.90. The molecule has 0 atom stereocenters. The van der Waals surface area contributed by atoms with Gasteiger partial charge in [-0.1, -0.05) is 43.3 Å². The van der Waals surface area contributed by atoms with Crippen molar-refractivity contribution in [1.29, 1.82) is 0 Å². The molecule has 0 fully saturated rings. The molecule has 1 aromatic heterocycles. The van der Waals surface area contributed by atoms with Gasteiger partial charge in [-0.3, -0.25) is 4.79 Å². The highest BCUT2D eigenvalue weighted by Crippen LogP contribution is 2.20. The number of anilines is 1. The highest BCUT2D eigenvalue weighted by atomic mass is 16.3. The molecule has 2 N–H and O–H groups in total. The van der Waals surface area contributed by atoms with Crippen molar-refractivity contribution in [2.75, 3.05) is 18.5 Å². The Morgan fingerprint density at radius 1 is 1.17 bits per heavy atom. The molecule has 0 bridgehead atoms. The molecule has 1 heterocycles. The van der Waals surface area contributed by atoms with Crippen molar-refractivity contribution in [1.82, 2.24) is 9.55 Å². The van der Waals surface area contributed by atoms with Crippen LogP contribution in [-0.2, 0) is 13.0 Å². The predicted octanol–water partition coefficient (Wildman–Crippen LogP) is 2.89. The summed E-state index contributed by atoms with van der Waals surface area (Å²) in [5.74, 6) is 0.636. The van der Waals surface area contributed by atoms with E-state index in [1.54, 1.807) is 0 Å². The molecule has 5 heteroatoms. The minimum absolute atomic E-state index is 0.00956. The van der Waals surface area contributed by atoms with Gasteiger partial charge in [0.1, 0.15) is 0 Å². The molecule has 0 aliphatic carbocycles. The molecule has 0 aliphatic heterocycles. The summed E-state index contributed by atoms with van der Waals surface area (Å²) in [5, 5.41) is 12.1. The average molecular weight is 323 g/mol. The SMILES string of the molecule is CCc1ccc(C(=O)Cn2c(NCCO)nc3ccccc32)cc1. The van der Waals surface area contributed by atoms with Gasteiger partial charge in [0.25, 0.3) is 0 Å². The average Bonchev–Trinajstić information content (AvgIpc) is 2.97. The summed E-state index contributed by atoms with van der Waals surface area (Å²) >= 11 is 0. The zero-order valence-corrected chi connectivity index (χ0v) is 13.7. The molecule has 0 aliphatic rings. The number of Topliss-reactive ketones (excluding diaryl/α,β-unsaturated/α-hetero) is 1. The van der Waals surface area contributed by atoms with E-state index >= 15 is 0 Å². The summed E-state index contributed by atoms with van der Waals surface area (Å²) in [6.07, 6.45) is 0.954. The first kappa shape index (κ1) is 16.2. The Morgan fingerprint density at radius 3 is 2.62 bits per heavy atom. The number of imidazole rings is 1. The lowest BCUT2D eigenvalue weighted by molar-refractivity contribution is 0.0974. The lowest BCUT2D eigenvalue weighted by atomic mass is 10.1. The Hall–Kier alpha value is -2.66. The molecule has 24 heavy (non-hydrogen) atoms. The first-order valence-electron chi connectivity index (χ1n) is 8.15. The number of aliphatic hydroxyl groups excluding tert-OH is 1. The Kier molecular flexibility index (Phi) is 4.91. The third-order valence-corrected chi connectivity index (χ3v) is 4.04. The van der Waals surface area contributed by atoms with Crippen LogP contribution in [0.2, 0.25) is 0 Å². The smallest absolute Gasteiger partial charge is 0.204 e. The lowest BCUT2D eigenvalue weighted by Gasteiger charge is -2.10. The predicted molar refractivity (Wildman–Crippen MR) is 95.5 cm³/mol. The minimum atomic E-state index is 0.00956. The van der Waals surface area contributed by atoms with E-state index in [1.165, 1.54) is 5.56 Å². The number of aliphatic hydroxyl groups is 1. The molecular formula is C19H21N3O2. The number of nitrogens with one attached hydrogen (secondary N) is 1. The Bertz CT molecular complexity index is 837. The van der Waals surface area contributed by atoms with Crippen LogP contribution in [0.1, 0.15) is 22.8 Å². The molecule has 0 radical (unpaired) electrons. The van der Waals surface area contributed by atoms with Crippen LogP contribution in [0.5, 0.6) is 0 Å². The highest BCUT2D eigenvalue weighted by molar-refractivity contribution is 5.97. The van der Waals surface area contributed by atoms with Gasteiger partial charge in [0.05, 0.1) is 24.2 Å². The van der Waals surface area contributed by atoms with Gasteiger partial charge in [-0.25, -0.2) is 4.98 Å². The molecule has 124 valence electrons. The molecule has 0 saturated carbocycles. The number of carbonyl (C=O) groups is 1. The standard InChI is InChI=1S/C19H21N3O2/c1-2-14-7-9-15(10-8-14)18(24)13-22-17-6-4-3-5-16(17)21-19(22)20-11-12-23/h3-10,23H,2,11-13H2,1H3,(H,20,21). The number of hydrogen-bond donors (Lipinski definition) is 2. The van der Waals surface area contributed by atoms with Gasteiger partial charge >= 0.3 is 0 Å². The van der Waals surface area contributed by atoms with Crippen molar-refractivity contribution in [3.05, 3.63) is 59.7 Å². The van der Waals surface area contributed by atoms with Gasteiger partial charge in [-0.2, -0.15) is 0 Å². The third kappa shape index (κ3) is 3.31.